The van der Waals surface area contributed by atoms with Crippen molar-refractivity contribution in [3.05, 3.63) is 0 Å². The number of aliphatic hydroxyl groups is 5. The lowest BCUT2D eigenvalue weighted by molar-refractivity contribution is -0.317. The van der Waals surface area contributed by atoms with Gasteiger partial charge in [-0.2, -0.15) is 0 Å². The lowest BCUT2D eigenvalue weighted by Gasteiger charge is -2.49. The number of hydrogen-bond acceptors (Lipinski definition) is 15. The van der Waals surface area contributed by atoms with Crippen LogP contribution < -0.4 is 0 Å². The summed E-state index contributed by atoms with van der Waals surface area (Å²) in [5.41, 5.74) is -4.68. The molecular weight excluding hydrogens is 680 g/mol. The Bertz CT molecular complexity index is 1200. The van der Waals surface area contributed by atoms with Gasteiger partial charge >= 0.3 is 5.97 Å². The molecule has 0 bridgehead atoms. The van der Waals surface area contributed by atoms with Gasteiger partial charge in [-0.05, 0) is 74.9 Å². The van der Waals surface area contributed by atoms with Crippen molar-refractivity contribution < 1.29 is 64.0 Å². The minimum atomic E-state index is -1.97. The van der Waals surface area contributed by atoms with Gasteiger partial charge in [0, 0.05) is 37.3 Å². The van der Waals surface area contributed by atoms with Crippen molar-refractivity contribution in [3.8, 4) is 0 Å². The van der Waals surface area contributed by atoms with Crippen LogP contribution in [0.2, 0.25) is 0 Å². The smallest absolute Gasteiger partial charge is 0.311 e. The standard InChI is InChI=1S/C37H68N2O13/c1-14-25-37(10,45)30(41)20(4)27(38-46)18(2)16-35(8,44)32(52-34-28(40)24(39(11)12)15-19(3)48-34)21(5)29(22(6)33(43)50-25)51-26-17-36(9,47-13)31(42)23(7)49-26/h18-26,28-32,34,40-42,44-46H,14-17H2,1-13H3/b38-27+/t18-,19+,20-,21+,22+,23+,24-,25+,26+,28+,29+,30+,31+,32-,34-,35-,36-,37-/m0/s1. The van der Waals surface area contributed by atoms with Crippen molar-refractivity contribution in [2.45, 2.75) is 179 Å². The summed E-state index contributed by atoms with van der Waals surface area (Å²) in [7, 11) is 5.19. The zero-order chi connectivity index (χ0) is 39.7. The molecule has 0 amide bonds. The Morgan fingerprint density at radius 1 is 0.923 bits per heavy atom. The summed E-state index contributed by atoms with van der Waals surface area (Å²) in [4.78, 5) is 16.0. The van der Waals surface area contributed by atoms with Crippen LogP contribution in [0, 0.1) is 23.7 Å². The zero-order valence-electron chi connectivity index (χ0n) is 33.4. The highest BCUT2D eigenvalue weighted by atomic mass is 16.7. The Morgan fingerprint density at radius 3 is 2.08 bits per heavy atom. The van der Waals surface area contributed by atoms with E-state index in [1.54, 1.807) is 55.4 Å². The van der Waals surface area contributed by atoms with Gasteiger partial charge in [-0.25, -0.2) is 0 Å². The summed E-state index contributed by atoms with van der Waals surface area (Å²) in [5.74, 6) is -4.24. The molecule has 0 saturated carbocycles. The number of hydrogen-bond donors (Lipinski definition) is 6. The molecule has 18 atom stereocenters. The summed E-state index contributed by atoms with van der Waals surface area (Å²) in [5, 5.41) is 71.8. The average Bonchev–Trinajstić information content (AvgIpc) is 3.06. The number of oxime groups is 1. The van der Waals surface area contributed by atoms with Gasteiger partial charge in [0.2, 0.25) is 0 Å². The number of esters is 1. The van der Waals surface area contributed by atoms with Crippen LogP contribution in [0.5, 0.6) is 0 Å². The van der Waals surface area contributed by atoms with Gasteiger partial charge in [-0.1, -0.05) is 32.9 Å². The van der Waals surface area contributed by atoms with E-state index in [1.807, 2.05) is 25.9 Å². The van der Waals surface area contributed by atoms with Gasteiger partial charge in [0.1, 0.15) is 23.9 Å². The number of ether oxygens (including phenoxy) is 6. The first-order chi connectivity index (χ1) is 24.0. The van der Waals surface area contributed by atoms with Crippen LogP contribution >= 0.6 is 0 Å². The highest BCUT2D eigenvalue weighted by Gasteiger charge is 2.53. The molecule has 0 aromatic rings. The predicted octanol–water partition coefficient (Wildman–Crippen LogP) is 2.05. The first kappa shape index (κ1) is 44.9. The molecule has 3 rings (SSSR count). The molecule has 3 fully saturated rings. The highest BCUT2D eigenvalue weighted by Crippen LogP contribution is 2.41. The SMILES string of the molecule is CC[C@H]1OC(=O)[C@H](C)[C@H](O[C@@H]2C[C@](C)(OC)[C@H](O)[C@@H](C)O2)[C@@H](C)[C@H](O[C@@H]2O[C@H](C)C[C@H](N(C)C)[C@H]2O)[C@@](C)(O)C[C@H](C)/C(=N\O)[C@H](C)[C@@H](O)[C@@]1(C)O. The van der Waals surface area contributed by atoms with Crippen LogP contribution in [0.4, 0.5) is 0 Å². The lowest BCUT2D eigenvalue weighted by atomic mass is 9.73. The molecule has 15 nitrogen and oxygen atoms in total. The second kappa shape index (κ2) is 17.5. The first-order valence-electron chi connectivity index (χ1n) is 18.7. The molecule has 3 aliphatic heterocycles. The van der Waals surface area contributed by atoms with Crippen LogP contribution in [-0.4, -0.2) is 153 Å². The van der Waals surface area contributed by atoms with Gasteiger partial charge in [-0.15, -0.1) is 0 Å². The molecule has 0 spiro atoms. The number of likely N-dealkylation sites (N-methyl/N-ethyl adjacent to an activating group) is 1. The average molecular weight is 749 g/mol. The number of aliphatic hydroxyl groups excluding tert-OH is 3. The molecule has 3 saturated heterocycles. The molecule has 0 aliphatic carbocycles. The lowest BCUT2D eigenvalue weighted by Crippen LogP contribution is -2.61. The summed E-state index contributed by atoms with van der Waals surface area (Å²) in [6.07, 6.45) is -9.51. The largest absolute Gasteiger partial charge is 0.459 e. The van der Waals surface area contributed by atoms with Gasteiger partial charge < -0.3 is 64.1 Å². The second-order valence-corrected chi connectivity index (χ2v) is 16.6. The maximum atomic E-state index is 14.1. The molecule has 15 heteroatoms. The second-order valence-electron chi connectivity index (χ2n) is 16.6. The summed E-state index contributed by atoms with van der Waals surface area (Å²) in [6.45, 7) is 16.6. The normalized spacial score (nSPS) is 49.8. The summed E-state index contributed by atoms with van der Waals surface area (Å²) < 4.78 is 37.2. The molecule has 0 unspecified atom stereocenters. The van der Waals surface area contributed by atoms with E-state index in [0.717, 1.165) is 0 Å². The maximum Gasteiger partial charge on any atom is 0.311 e. The Kier molecular flexibility index (Phi) is 15.1. The van der Waals surface area contributed by atoms with E-state index in [1.165, 1.54) is 14.0 Å². The number of carbonyl (C=O) groups excluding carboxylic acids is 1. The maximum absolute atomic E-state index is 14.1. The van der Waals surface area contributed by atoms with Gasteiger partial charge in [0.05, 0.1) is 53.4 Å². The molecule has 304 valence electrons. The van der Waals surface area contributed by atoms with Crippen molar-refractivity contribution in [1.82, 2.24) is 4.90 Å². The third-order valence-corrected chi connectivity index (χ3v) is 12.0. The fraction of sp³-hybridized carbons (Fsp3) is 0.946. The molecule has 3 heterocycles. The van der Waals surface area contributed by atoms with E-state index < -0.39 is 102 Å². The fourth-order valence-electron chi connectivity index (χ4n) is 8.61. The zero-order valence-corrected chi connectivity index (χ0v) is 33.4. The van der Waals surface area contributed by atoms with Crippen molar-refractivity contribution in [3.63, 3.8) is 0 Å². The molecule has 3 aliphatic rings. The van der Waals surface area contributed by atoms with E-state index in [0.29, 0.717) is 6.42 Å². The monoisotopic (exact) mass is 748 g/mol. The van der Waals surface area contributed by atoms with Crippen LogP contribution in [0.3, 0.4) is 0 Å². The van der Waals surface area contributed by atoms with Crippen molar-refractivity contribution >= 4 is 11.7 Å². The molecule has 0 radical (unpaired) electrons. The minimum absolute atomic E-state index is 0.0657. The molecular formula is C37H68N2O13. The highest BCUT2D eigenvalue weighted by molar-refractivity contribution is 5.88. The first-order valence-corrected chi connectivity index (χ1v) is 18.7. The van der Waals surface area contributed by atoms with Crippen LogP contribution in [-0.2, 0) is 33.2 Å². The van der Waals surface area contributed by atoms with Gasteiger partial charge in [-0.3, -0.25) is 4.79 Å². The van der Waals surface area contributed by atoms with Crippen molar-refractivity contribution in [2.75, 3.05) is 21.2 Å². The molecule has 6 N–H and O–H groups in total. The Labute approximate surface area is 309 Å². The number of cyclic esters (lactones) is 1. The minimum Gasteiger partial charge on any atom is -0.459 e. The van der Waals surface area contributed by atoms with Gasteiger partial charge in [0.15, 0.2) is 12.6 Å². The van der Waals surface area contributed by atoms with Crippen LogP contribution in [0.15, 0.2) is 5.16 Å². The van der Waals surface area contributed by atoms with Crippen LogP contribution in [0.1, 0.15) is 94.9 Å². The molecule has 0 aromatic heterocycles. The molecule has 52 heavy (non-hydrogen) atoms. The Balaban J connectivity index is 2.21. The topological polar surface area (TPSA) is 209 Å². The summed E-state index contributed by atoms with van der Waals surface area (Å²) >= 11 is 0. The summed E-state index contributed by atoms with van der Waals surface area (Å²) in [6, 6.07) is -0.322. The number of nitrogens with zero attached hydrogens (tertiary/aromatic N) is 2. The fourth-order valence-corrected chi connectivity index (χ4v) is 8.61. The Hall–Kier alpha value is -1.50. The van der Waals surface area contributed by atoms with E-state index >= 15 is 0 Å². The molecule has 0 aromatic carbocycles. The van der Waals surface area contributed by atoms with E-state index in [2.05, 4.69) is 5.16 Å². The van der Waals surface area contributed by atoms with Crippen molar-refractivity contribution in [1.29, 1.82) is 0 Å². The third kappa shape index (κ3) is 9.47. The Morgan fingerprint density at radius 2 is 1.54 bits per heavy atom. The quantitative estimate of drug-likeness (QED) is 0.125. The predicted molar refractivity (Wildman–Crippen MR) is 190 cm³/mol. The number of methoxy groups -OCH3 is 1. The third-order valence-electron chi connectivity index (χ3n) is 12.0. The van der Waals surface area contributed by atoms with E-state index in [4.69, 9.17) is 28.4 Å². The van der Waals surface area contributed by atoms with E-state index in [-0.39, 0.29) is 37.1 Å². The number of carbonyl (C=O) groups is 1. The van der Waals surface area contributed by atoms with Gasteiger partial charge in [0.25, 0.3) is 0 Å². The van der Waals surface area contributed by atoms with Crippen molar-refractivity contribution in [2.24, 2.45) is 28.8 Å². The van der Waals surface area contributed by atoms with E-state index in [9.17, 15) is 35.5 Å². The number of rotatable bonds is 7. The van der Waals surface area contributed by atoms with Crippen LogP contribution in [0.25, 0.3) is 0 Å².